The molecule has 0 unspecified atom stereocenters. The molecule has 1 saturated heterocycles. The number of benzene rings is 1. The van der Waals surface area contributed by atoms with Gasteiger partial charge in [0.05, 0.1) is 11.6 Å². The molecule has 0 radical (unpaired) electrons. The third kappa shape index (κ3) is 3.82. The number of hydrogen-bond donors (Lipinski definition) is 0. The van der Waals surface area contributed by atoms with E-state index in [2.05, 4.69) is 15.1 Å². The Hall–Kier alpha value is -3.50. The molecule has 11 heteroatoms. The molecule has 0 spiro atoms. The van der Waals surface area contributed by atoms with Crippen LogP contribution >= 0.6 is 0 Å². The summed E-state index contributed by atoms with van der Waals surface area (Å²) in [5, 5.41) is 3.65. The van der Waals surface area contributed by atoms with Gasteiger partial charge in [-0.2, -0.15) is 5.10 Å². The van der Waals surface area contributed by atoms with Crippen LogP contribution in [0.4, 0.5) is 23.4 Å². The minimum atomic E-state index is -2.87. The lowest BCUT2D eigenvalue weighted by Gasteiger charge is -2.44. The molecule has 7 nitrogen and oxygen atoms in total. The number of aryl methyl sites for hydroxylation is 1. The van der Waals surface area contributed by atoms with Crippen LogP contribution in [0.1, 0.15) is 22.5 Å². The maximum Gasteiger partial charge on any atom is 0.282 e. The van der Waals surface area contributed by atoms with Gasteiger partial charge in [0.2, 0.25) is 0 Å². The van der Waals surface area contributed by atoms with E-state index in [-0.39, 0.29) is 36.2 Å². The number of anilines is 1. The van der Waals surface area contributed by atoms with E-state index in [1.54, 1.807) is 4.90 Å². The lowest BCUT2D eigenvalue weighted by atomic mass is 10.1. The molecule has 162 valence electrons. The molecule has 0 atom stereocenters. The summed E-state index contributed by atoms with van der Waals surface area (Å²) < 4.78 is 55.6. The Balaban J connectivity index is 1.49. The highest BCUT2D eigenvalue weighted by atomic mass is 19.3. The lowest BCUT2D eigenvalue weighted by molar-refractivity contribution is 0.0692. The van der Waals surface area contributed by atoms with Gasteiger partial charge in [0, 0.05) is 38.9 Å². The monoisotopic (exact) mass is 434 g/mol. The Labute approximate surface area is 174 Å². The molecule has 1 fully saturated rings. The standard InChI is InChI=1S/C20H18F4N6O/c1-28-9-14(17(27-28)18(23)24)20(31)29(2)13-7-30(8-13)19-15(22)16(25-10-26-19)11-3-5-12(21)6-4-11/h3-6,9-10,13,18H,7-8H2,1-2H3. The maximum absolute atomic E-state index is 15.0. The van der Waals surface area contributed by atoms with Gasteiger partial charge < -0.3 is 9.80 Å². The van der Waals surface area contributed by atoms with Crippen molar-refractivity contribution in [3.8, 4) is 11.3 Å². The van der Waals surface area contributed by atoms with E-state index in [0.29, 0.717) is 5.56 Å². The topological polar surface area (TPSA) is 67.2 Å². The Morgan fingerprint density at radius 1 is 1.16 bits per heavy atom. The summed E-state index contributed by atoms with van der Waals surface area (Å²) in [6.45, 7) is 0.534. The SMILES string of the molecule is CN(C(=O)c1cn(C)nc1C(F)F)C1CN(c2ncnc(-c3ccc(F)cc3)c2F)C1. The van der Waals surface area contributed by atoms with Gasteiger partial charge in [-0.3, -0.25) is 9.48 Å². The van der Waals surface area contributed by atoms with Crippen molar-refractivity contribution < 1.29 is 22.4 Å². The number of likely N-dealkylation sites (N-methyl/N-ethyl adjacent to an activating group) is 1. The van der Waals surface area contributed by atoms with E-state index in [1.165, 1.54) is 60.5 Å². The number of nitrogens with zero attached hydrogens (tertiary/aromatic N) is 6. The quantitative estimate of drug-likeness (QED) is 0.578. The first kappa shape index (κ1) is 20.8. The van der Waals surface area contributed by atoms with Crippen LogP contribution in [0.25, 0.3) is 11.3 Å². The van der Waals surface area contributed by atoms with Gasteiger partial charge >= 0.3 is 0 Å². The number of halogens is 4. The van der Waals surface area contributed by atoms with Crippen molar-refractivity contribution in [2.75, 3.05) is 25.0 Å². The summed E-state index contributed by atoms with van der Waals surface area (Å²) in [5.41, 5.74) is -0.288. The summed E-state index contributed by atoms with van der Waals surface area (Å²) in [7, 11) is 2.97. The van der Waals surface area contributed by atoms with E-state index in [9.17, 15) is 22.4 Å². The van der Waals surface area contributed by atoms with E-state index in [1.807, 2.05) is 0 Å². The molecule has 0 aliphatic carbocycles. The van der Waals surface area contributed by atoms with Crippen molar-refractivity contribution in [2.24, 2.45) is 7.05 Å². The summed E-state index contributed by atoms with van der Waals surface area (Å²) in [6, 6.07) is 4.95. The average Bonchev–Trinajstić information content (AvgIpc) is 3.10. The van der Waals surface area contributed by atoms with Crippen LogP contribution in [0, 0.1) is 11.6 Å². The molecule has 4 rings (SSSR count). The highest BCUT2D eigenvalue weighted by Gasteiger charge is 2.37. The summed E-state index contributed by atoms with van der Waals surface area (Å²) in [4.78, 5) is 23.6. The third-order valence-electron chi connectivity index (χ3n) is 5.21. The zero-order chi connectivity index (χ0) is 22.3. The van der Waals surface area contributed by atoms with Crippen molar-refractivity contribution in [3.05, 3.63) is 59.7 Å². The van der Waals surface area contributed by atoms with Crippen LogP contribution in [0.15, 0.2) is 36.8 Å². The number of carbonyl (C=O) groups excluding carboxylic acids is 1. The minimum Gasteiger partial charge on any atom is -0.350 e. The van der Waals surface area contributed by atoms with E-state index < -0.39 is 29.7 Å². The molecule has 0 saturated carbocycles. The Kier molecular flexibility index (Phi) is 5.34. The third-order valence-corrected chi connectivity index (χ3v) is 5.21. The second-order valence-corrected chi connectivity index (χ2v) is 7.24. The van der Waals surface area contributed by atoms with Crippen LogP contribution in [0.3, 0.4) is 0 Å². The minimum absolute atomic E-state index is 0.0369. The van der Waals surface area contributed by atoms with Crippen LogP contribution in [-0.4, -0.2) is 56.7 Å². The van der Waals surface area contributed by atoms with Crippen molar-refractivity contribution in [3.63, 3.8) is 0 Å². The predicted octanol–water partition coefficient (Wildman–Crippen LogP) is 3.05. The zero-order valence-electron chi connectivity index (χ0n) is 16.6. The molecular formula is C20H18F4N6O. The van der Waals surface area contributed by atoms with E-state index >= 15 is 0 Å². The van der Waals surface area contributed by atoms with Crippen LogP contribution < -0.4 is 4.90 Å². The fourth-order valence-electron chi connectivity index (χ4n) is 3.45. The summed E-state index contributed by atoms with van der Waals surface area (Å²) in [5.74, 6) is -1.63. The molecule has 2 aromatic heterocycles. The van der Waals surface area contributed by atoms with Gasteiger partial charge in [0.1, 0.15) is 23.5 Å². The molecule has 3 heterocycles. The Morgan fingerprint density at radius 3 is 2.48 bits per heavy atom. The number of hydrogen-bond acceptors (Lipinski definition) is 5. The summed E-state index contributed by atoms with van der Waals surface area (Å²) in [6.07, 6.45) is -0.397. The number of carbonyl (C=O) groups is 1. The van der Waals surface area contributed by atoms with Crippen LogP contribution in [0.2, 0.25) is 0 Å². The van der Waals surface area contributed by atoms with Gasteiger partial charge in [-0.15, -0.1) is 0 Å². The highest BCUT2D eigenvalue weighted by Crippen LogP contribution is 2.30. The van der Waals surface area contributed by atoms with Gasteiger partial charge in [-0.1, -0.05) is 0 Å². The molecule has 31 heavy (non-hydrogen) atoms. The smallest absolute Gasteiger partial charge is 0.282 e. The zero-order valence-corrected chi connectivity index (χ0v) is 16.6. The van der Waals surface area contributed by atoms with Crippen molar-refractivity contribution in [1.82, 2.24) is 24.6 Å². The lowest BCUT2D eigenvalue weighted by Crippen LogP contribution is -2.60. The average molecular weight is 434 g/mol. The maximum atomic E-state index is 15.0. The second kappa shape index (κ2) is 7.97. The molecule has 0 bridgehead atoms. The fourth-order valence-corrected chi connectivity index (χ4v) is 3.45. The molecule has 3 aromatic rings. The van der Waals surface area contributed by atoms with Crippen molar-refractivity contribution in [2.45, 2.75) is 12.5 Å². The number of amides is 1. The highest BCUT2D eigenvalue weighted by molar-refractivity contribution is 5.95. The molecule has 0 N–H and O–H groups in total. The number of rotatable bonds is 5. The molecular weight excluding hydrogens is 416 g/mol. The number of alkyl halides is 2. The molecule has 1 aromatic carbocycles. The fraction of sp³-hybridized carbons (Fsp3) is 0.300. The van der Waals surface area contributed by atoms with Gasteiger partial charge in [0.25, 0.3) is 12.3 Å². The summed E-state index contributed by atoms with van der Waals surface area (Å²) >= 11 is 0. The predicted molar refractivity (Wildman–Crippen MR) is 104 cm³/mol. The molecule has 1 amide bonds. The Morgan fingerprint density at radius 2 is 1.84 bits per heavy atom. The van der Waals surface area contributed by atoms with Crippen LogP contribution in [0.5, 0.6) is 0 Å². The van der Waals surface area contributed by atoms with E-state index in [0.717, 1.165) is 0 Å². The van der Waals surface area contributed by atoms with Crippen molar-refractivity contribution >= 4 is 11.7 Å². The van der Waals surface area contributed by atoms with Gasteiger partial charge in [-0.05, 0) is 24.3 Å². The second-order valence-electron chi connectivity index (χ2n) is 7.24. The molecule has 1 aliphatic rings. The van der Waals surface area contributed by atoms with Gasteiger partial charge in [-0.25, -0.2) is 27.5 Å². The first-order chi connectivity index (χ1) is 14.8. The normalized spacial score (nSPS) is 14.1. The first-order valence-corrected chi connectivity index (χ1v) is 9.36. The largest absolute Gasteiger partial charge is 0.350 e. The van der Waals surface area contributed by atoms with E-state index in [4.69, 9.17) is 0 Å². The Bertz CT molecular complexity index is 1110. The molecule has 1 aliphatic heterocycles. The van der Waals surface area contributed by atoms with Crippen molar-refractivity contribution in [1.29, 1.82) is 0 Å². The first-order valence-electron chi connectivity index (χ1n) is 9.36. The number of aromatic nitrogens is 4. The van der Waals surface area contributed by atoms with Crippen LogP contribution in [-0.2, 0) is 7.05 Å². The van der Waals surface area contributed by atoms with Gasteiger partial charge in [0.15, 0.2) is 11.6 Å².